The van der Waals surface area contributed by atoms with E-state index < -0.39 is 52.7 Å². The van der Waals surface area contributed by atoms with Gasteiger partial charge < -0.3 is 20.3 Å². The fourth-order valence-electron chi connectivity index (χ4n) is 6.91. The number of thiophene rings is 1. The Hall–Kier alpha value is -4.62. The van der Waals surface area contributed by atoms with Gasteiger partial charge in [0.05, 0.1) is 27.9 Å². The highest BCUT2D eigenvalue weighted by Crippen LogP contribution is 2.50. The zero-order valence-electron chi connectivity index (χ0n) is 26.6. The molecular formula is C33H31F6N7O2S. The van der Waals surface area contributed by atoms with E-state index in [1.807, 2.05) is 0 Å². The summed E-state index contributed by atoms with van der Waals surface area (Å²) >= 11 is 0.676. The van der Waals surface area contributed by atoms with E-state index in [1.54, 1.807) is 35.7 Å². The van der Waals surface area contributed by atoms with E-state index in [2.05, 4.69) is 21.4 Å². The number of aromatic nitrogens is 2. The summed E-state index contributed by atoms with van der Waals surface area (Å²) in [6, 6.07) is 1.02. The first-order valence-corrected chi connectivity index (χ1v) is 16.1. The summed E-state index contributed by atoms with van der Waals surface area (Å²) in [4.78, 5) is 29.4. The Morgan fingerprint density at radius 1 is 1.31 bits per heavy atom. The summed E-state index contributed by atoms with van der Waals surface area (Å²) in [6.45, 7) is 13.3. The van der Waals surface area contributed by atoms with Gasteiger partial charge in [-0.3, -0.25) is 9.69 Å². The molecule has 258 valence electrons. The zero-order valence-corrected chi connectivity index (χ0v) is 27.4. The van der Waals surface area contributed by atoms with Crippen molar-refractivity contribution in [3.05, 3.63) is 59.5 Å². The van der Waals surface area contributed by atoms with Crippen LogP contribution in [0.15, 0.2) is 30.9 Å². The van der Waals surface area contributed by atoms with Gasteiger partial charge in [-0.25, -0.2) is 18.0 Å². The molecule has 0 radical (unpaired) electrons. The van der Waals surface area contributed by atoms with Gasteiger partial charge in [-0.1, -0.05) is 12.6 Å². The number of carbonyl (C=O) groups is 1. The topological polar surface area (TPSA) is 92.2 Å². The average molecular weight is 704 g/mol. The maximum Gasteiger partial charge on any atom is 0.417 e. The van der Waals surface area contributed by atoms with Gasteiger partial charge in [-0.2, -0.15) is 23.1 Å². The minimum atomic E-state index is -5.13. The summed E-state index contributed by atoms with van der Waals surface area (Å²) in [6.07, 6.45) is -4.44. The van der Waals surface area contributed by atoms with Gasteiger partial charge in [0.2, 0.25) is 11.6 Å². The van der Waals surface area contributed by atoms with Crippen LogP contribution in [0.5, 0.6) is 6.01 Å². The second-order valence-corrected chi connectivity index (χ2v) is 13.3. The number of likely N-dealkylation sites (tertiary alicyclic amines) is 2. The van der Waals surface area contributed by atoms with Crippen LogP contribution >= 0.6 is 11.3 Å². The first-order valence-electron chi connectivity index (χ1n) is 15.3. The Morgan fingerprint density at radius 3 is 2.67 bits per heavy atom. The lowest BCUT2D eigenvalue weighted by molar-refractivity contribution is -0.137. The molecule has 16 heteroatoms. The first kappa shape index (κ1) is 34.3. The number of rotatable bonds is 7. The molecule has 49 heavy (non-hydrogen) atoms. The SMILES string of the molecule is [C-]#[N+]c1c(N)sc2c(F)ccc(-c3c(C(F)(F)F)cc4c(N(C)C5CCN(C(=O)C=C)C5C)nc(OCC5CC(F)CN5C)nc4c3F)c12. The molecule has 4 atom stereocenters. The number of fused-ring (bicyclic) bond motifs is 2. The summed E-state index contributed by atoms with van der Waals surface area (Å²) < 4.78 is 96.4. The lowest BCUT2D eigenvalue weighted by Gasteiger charge is -2.32. The molecule has 2 aromatic heterocycles. The predicted molar refractivity (Wildman–Crippen MR) is 176 cm³/mol. The van der Waals surface area contributed by atoms with Gasteiger partial charge in [-0.05, 0) is 50.6 Å². The van der Waals surface area contributed by atoms with E-state index in [1.165, 1.54) is 6.08 Å². The van der Waals surface area contributed by atoms with Crippen LogP contribution < -0.4 is 15.4 Å². The number of nitrogen functional groups attached to an aromatic ring is 1. The largest absolute Gasteiger partial charge is 0.462 e. The lowest BCUT2D eigenvalue weighted by Crippen LogP contribution is -2.43. The second-order valence-electron chi connectivity index (χ2n) is 12.2. The smallest absolute Gasteiger partial charge is 0.417 e. The number of halogens is 6. The molecule has 2 aliphatic heterocycles. The Morgan fingerprint density at radius 2 is 2.04 bits per heavy atom. The summed E-state index contributed by atoms with van der Waals surface area (Å²) in [5, 5.41) is -0.671. The molecule has 0 bridgehead atoms. The summed E-state index contributed by atoms with van der Waals surface area (Å²) in [7, 11) is 3.29. The number of anilines is 2. The quantitative estimate of drug-likeness (QED) is 0.126. The third-order valence-corrected chi connectivity index (χ3v) is 10.4. The van der Waals surface area contributed by atoms with Crippen LogP contribution in [0.1, 0.15) is 25.3 Å². The third-order valence-electron chi connectivity index (χ3n) is 9.41. The van der Waals surface area contributed by atoms with Gasteiger partial charge in [0.15, 0.2) is 5.82 Å². The van der Waals surface area contributed by atoms with E-state index >= 15 is 4.39 Å². The average Bonchev–Trinajstić information content (AvgIpc) is 3.71. The zero-order chi connectivity index (χ0) is 35.5. The van der Waals surface area contributed by atoms with Crippen molar-refractivity contribution in [2.45, 2.75) is 50.2 Å². The van der Waals surface area contributed by atoms with Crippen LogP contribution in [-0.4, -0.2) is 83.8 Å². The normalized spacial score (nSPS) is 21.4. The molecule has 2 N–H and O–H groups in total. The highest BCUT2D eigenvalue weighted by atomic mass is 32.1. The Labute approximate surface area is 281 Å². The molecule has 4 unspecified atom stereocenters. The van der Waals surface area contributed by atoms with Crippen LogP contribution in [0.3, 0.4) is 0 Å². The number of hydrogen-bond donors (Lipinski definition) is 1. The van der Waals surface area contributed by atoms with Crippen LogP contribution in [0, 0.1) is 18.2 Å². The highest BCUT2D eigenvalue weighted by Gasteiger charge is 2.40. The standard InChI is InChI=1S/C33H31F6N7O2S/c1-6-23(47)46-10-9-22(15(46)2)45(5)31-19-12-20(33(37,38)39)24(18-7-8-21(35)29-25(18)28(41-3)30(40)49-29)26(36)27(19)42-32(43-31)48-14-17-11-16(34)13-44(17)4/h6-8,12,15-17,22H,1,9-11,13-14,40H2,2,4-5H3. The van der Waals surface area contributed by atoms with Crippen molar-refractivity contribution < 1.29 is 35.9 Å². The molecule has 1 amide bonds. The van der Waals surface area contributed by atoms with E-state index in [9.17, 15) is 26.7 Å². The molecule has 0 spiro atoms. The number of nitrogens with two attached hydrogens (primary N) is 1. The van der Waals surface area contributed by atoms with Gasteiger partial charge >= 0.3 is 12.2 Å². The van der Waals surface area contributed by atoms with Crippen molar-refractivity contribution in [3.63, 3.8) is 0 Å². The second kappa shape index (κ2) is 12.7. The molecule has 2 fully saturated rings. The number of ether oxygens (including phenoxy) is 1. The fourth-order valence-corrected chi connectivity index (χ4v) is 7.85. The van der Waals surface area contributed by atoms with Crippen LogP contribution in [0.25, 0.3) is 37.0 Å². The van der Waals surface area contributed by atoms with Gasteiger partial charge in [-0.15, -0.1) is 11.3 Å². The monoisotopic (exact) mass is 703 g/mol. The lowest BCUT2D eigenvalue weighted by atomic mass is 9.93. The van der Waals surface area contributed by atoms with Crippen molar-refractivity contribution in [1.29, 1.82) is 0 Å². The number of nitrogens with zero attached hydrogens (tertiary/aromatic N) is 6. The minimum absolute atomic E-state index is 0.0801. The molecule has 6 rings (SSSR count). The number of hydrogen-bond acceptors (Lipinski definition) is 8. The van der Waals surface area contributed by atoms with Crippen molar-refractivity contribution in [2.75, 3.05) is 44.4 Å². The minimum Gasteiger partial charge on any atom is -0.462 e. The number of amides is 1. The molecular weight excluding hydrogens is 672 g/mol. The molecule has 0 saturated carbocycles. The third kappa shape index (κ3) is 5.88. The van der Waals surface area contributed by atoms with Crippen molar-refractivity contribution >= 4 is 54.7 Å². The van der Waals surface area contributed by atoms with Gasteiger partial charge in [0.1, 0.15) is 29.9 Å². The fraction of sp³-hybridized carbons (Fsp3) is 0.394. The summed E-state index contributed by atoms with van der Waals surface area (Å²) in [5.74, 6) is -2.63. The number of benzene rings is 2. The van der Waals surface area contributed by atoms with Gasteiger partial charge in [0.25, 0.3) is 0 Å². The number of alkyl halides is 4. The number of likely N-dealkylation sites (N-methyl/N-ethyl adjacent to an activating group) is 2. The van der Waals surface area contributed by atoms with E-state index in [0.29, 0.717) is 24.3 Å². The van der Waals surface area contributed by atoms with E-state index in [-0.39, 0.29) is 75.1 Å². The van der Waals surface area contributed by atoms with Crippen LogP contribution in [-0.2, 0) is 11.0 Å². The maximum atomic E-state index is 17.0. The number of carbonyl (C=O) groups excluding carboxylic acids is 1. The van der Waals surface area contributed by atoms with Crippen LogP contribution in [0.4, 0.5) is 42.8 Å². The predicted octanol–water partition coefficient (Wildman–Crippen LogP) is 6.97. The van der Waals surface area contributed by atoms with Gasteiger partial charge in [0, 0.05) is 48.6 Å². The molecule has 2 aliphatic rings. The Balaban J connectivity index is 1.59. The summed E-state index contributed by atoms with van der Waals surface area (Å²) in [5.41, 5.74) is 2.39. The Kier molecular flexibility index (Phi) is 8.86. The molecule has 0 aliphatic carbocycles. The van der Waals surface area contributed by atoms with Crippen molar-refractivity contribution in [1.82, 2.24) is 19.8 Å². The van der Waals surface area contributed by atoms with Crippen LogP contribution in [0.2, 0.25) is 0 Å². The van der Waals surface area contributed by atoms with Crippen molar-refractivity contribution in [3.8, 4) is 17.1 Å². The Bertz CT molecular complexity index is 2030. The first-order chi connectivity index (χ1) is 23.2. The molecule has 9 nitrogen and oxygen atoms in total. The molecule has 4 aromatic rings. The molecule has 2 saturated heterocycles. The van der Waals surface area contributed by atoms with E-state index in [0.717, 1.165) is 18.2 Å². The molecule has 4 heterocycles. The highest BCUT2D eigenvalue weighted by molar-refractivity contribution is 7.23. The van der Waals surface area contributed by atoms with Crippen molar-refractivity contribution in [2.24, 2.45) is 0 Å². The molecule has 2 aromatic carbocycles. The van der Waals surface area contributed by atoms with E-state index in [4.69, 9.17) is 17.0 Å². The maximum absolute atomic E-state index is 17.0.